The molecule has 0 aliphatic carbocycles. The van der Waals surface area contributed by atoms with Crippen molar-refractivity contribution in [3.8, 4) is 0 Å². The van der Waals surface area contributed by atoms with Crippen LogP contribution in [0.25, 0.3) is 0 Å². The van der Waals surface area contributed by atoms with Crippen molar-refractivity contribution < 1.29 is 9.59 Å². The van der Waals surface area contributed by atoms with Crippen LogP contribution >= 0.6 is 0 Å². The van der Waals surface area contributed by atoms with Gasteiger partial charge in [0.25, 0.3) is 5.91 Å². The Balaban J connectivity index is 2.00. The van der Waals surface area contributed by atoms with Crippen LogP contribution in [-0.2, 0) is 4.79 Å². The molecule has 1 unspecified atom stereocenters. The van der Waals surface area contributed by atoms with E-state index >= 15 is 0 Å². The van der Waals surface area contributed by atoms with Gasteiger partial charge in [0.2, 0.25) is 0 Å². The topological polar surface area (TPSA) is 88.3 Å². The van der Waals surface area contributed by atoms with E-state index in [1.54, 1.807) is 24.5 Å². The second-order valence-corrected chi connectivity index (χ2v) is 6.35. The summed E-state index contributed by atoms with van der Waals surface area (Å²) in [6.07, 6.45) is 4.53. The number of likely N-dealkylation sites (tertiary alicyclic amines) is 1. The normalized spacial score (nSPS) is 20.9. The fraction of sp³-hybridized carbons (Fsp3) is 0.316. The van der Waals surface area contributed by atoms with E-state index in [4.69, 9.17) is 5.73 Å². The van der Waals surface area contributed by atoms with Crippen LogP contribution in [0, 0.1) is 0 Å². The minimum atomic E-state index is -1.01. The van der Waals surface area contributed by atoms with Gasteiger partial charge in [0.15, 0.2) is 0 Å². The number of nitrogens with zero attached hydrogens (tertiary/aromatic N) is 2. The number of nitrogens with two attached hydrogens (primary N) is 1. The summed E-state index contributed by atoms with van der Waals surface area (Å²) >= 11 is 0. The number of hydrogen-bond donors (Lipinski definition) is 2. The van der Waals surface area contributed by atoms with Crippen molar-refractivity contribution in [2.45, 2.75) is 31.2 Å². The molecule has 0 spiro atoms. The molecule has 3 amide bonds. The van der Waals surface area contributed by atoms with Crippen molar-refractivity contribution in [1.82, 2.24) is 9.88 Å². The van der Waals surface area contributed by atoms with Crippen molar-refractivity contribution in [1.29, 1.82) is 0 Å². The molecule has 0 bridgehead atoms. The Morgan fingerprint density at radius 2 is 2.00 bits per heavy atom. The predicted molar refractivity (Wildman–Crippen MR) is 96.0 cm³/mol. The lowest BCUT2D eigenvalue weighted by molar-refractivity contribution is -0.126. The van der Waals surface area contributed by atoms with Crippen LogP contribution in [0.15, 0.2) is 54.9 Å². The fourth-order valence-electron chi connectivity index (χ4n) is 3.72. The molecule has 2 aromatic rings. The van der Waals surface area contributed by atoms with Crippen LogP contribution in [-0.4, -0.2) is 33.9 Å². The van der Waals surface area contributed by atoms with Crippen molar-refractivity contribution in [2.75, 3.05) is 11.9 Å². The molecule has 3 rings (SSSR count). The standard InChI is InChI=1S/C19H22N4O2/c1-14(15-7-3-2-4-8-15)19(10-6-12-23(19)18(20)25)17(24)22-16-9-5-11-21-13-16/h2-5,7-9,11,13-14H,6,10,12H2,1H3,(H2,20,25)(H,22,24)/t14-,19?/m1/s1. The summed E-state index contributed by atoms with van der Waals surface area (Å²) in [5.41, 5.74) is 6.20. The quantitative estimate of drug-likeness (QED) is 0.898. The van der Waals surface area contributed by atoms with Gasteiger partial charge >= 0.3 is 6.03 Å². The first-order chi connectivity index (χ1) is 12.1. The van der Waals surface area contributed by atoms with Crippen LogP contribution in [0.1, 0.15) is 31.2 Å². The molecular weight excluding hydrogens is 316 g/mol. The summed E-state index contributed by atoms with van der Waals surface area (Å²) in [7, 11) is 0. The highest BCUT2D eigenvalue weighted by Crippen LogP contribution is 2.42. The van der Waals surface area contributed by atoms with Gasteiger partial charge in [0, 0.05) is 18.7 Å². The summed E-state index contributed by atoms with van der Waals surface area (Å²) in [5, 5.41) is 2.91. The molecular formula is C19H22N4O2. The smallest absolute Gasteiger partial charge is 0.315 e. The van der Waals surface area contributed by atoms with E-state index in [2.05, 4.69) is 10.3 Å². The first-order valence-corrected chi connectivity index (χ1v) is 8.39. The molecule has 6 heteroatoms. The van der Waals surface area contributed by atoms with Gasteiger partial charge in [-0.1, -0.05) is 37.3 Å². The molecule has 3 N–H and O–H groups in total. The fourth-order valence-corrected chi connectivity index (χ4v) is 3.72. The third-order valence-corrected chi connectivity index (χ3v) is 5.02. The molecule has 130 valence electrons. The van der Waals surface area contributed by atoms with E-state index in [1.807, 2.05) is 37.3 Å². The van der Waals surface area contributed by atoms with Crippen LogP contribution in [0.5, 0.6) is 0 Å². The highest BCUT2D eigenvalue weighted by Gasteiger charge is 2.53. The lowest BCUT2D eigenvalue weighted by atomic mass is 9.77. The number of urea groups is 1. The maximum atomic E-state index is 13.3. The van der Waals surface area contributed by atoms with Crippen molar-refractivity contribution in [3.05, 3.63) is 60.4 Å². The first kappa shape index (κ1) is 17.0. The number of benzene rings is 1. The van der Waals surface area contributed by atoms with E-state index in [0.717, 1.165) is 12.0 Å². The summed E-state index contributed by atoms with van der Waals surface area (Å²) in [4.78, 5) is 30.9. The summed E-state index contributed by atoms with van der Waals surface area (Å²) in [5.74, 6) is -0.423. The lowest BCUT2D eigenvalue weighted by Gasteiger charge is -2.41. The van der Waals surface area contributed by atoms with Crippen molar-refractivity contribution in [2.24, 2.45) is 5.73 Å². The SMILES string of the molecule is C[C@H](c1ccccc1)C1(C(=O)Nc2cccnc2)CCCN1C(N)=O. The molecule has 0 radical (unpaired) electrons. The molecule has 1 aliphatic rings. The summed E-state index contributed by atoms with van der Waals surface area (Å²) in [6.45, 7) is 2.45. The van der Waals surface area contributed by atoms with Crippen LogP contribution in [0.4, 0.5) is 10.5 Å². The molecule has 1 fully saturated rings. The predicted octanol–water partition coefficient (Wildman–Crippen LogP) is 2.74. The van der Waals surface area contributed by atoms with E-state index in [1.165, 1.54) is 4.90 Å². The molecule has 0 saturated carbocycles. The number of amides is 3. The van der Waals surface area contributed by atoms with E-state index < -0.39 is 11.6 Å². The van der Waals surface area contributed by atoms with Crippen LogP contribution in [0.3, 0.4) is 0 Å². The largest absolute Gasteiger partial charge is 0.351 e. The monoisotopic (exact) mass is 338 g/mol. The second kappa shape index (κ2) is 6.93. The Bertz CT molecular complexity index is 751. The maximum absolute atomic E-state index is 13.3. The van der Waals surface area contributed by atoms with Crippen molar-refractivity contribution >= 4 is 17.6 Å². The Kier molecular flexibility index (Phi) is 4.70. The molecule has 2 atom stereocenters. The zero-order valence-corrected chi connectivity index (χ0v) is 14.2. The third kappa shape index (κ3) is 3.07. The first-order valence-electron chi connectivity index (χ1n) is 8.39. The average Bonchev–Trinajstić information content (AvgIpc) is 3.09. The average molecular weight is 338 g/mol. The van der Waals surface area contributed by atoms with E-state index in [-0.39, 0.29) is 11.8 Å². The summed E-state index contributed by atoms with van der Waals surface area (Å²) < 4.78 is 0. The van der Waals surface area contributed by atoms with Crippen molar-refractivity contribution in [3.63, 3.8) is 0 Å². The molecule has 2 heterocycles. The van der Waals surface area contributed by atoms with Gasteiger partial charge in [-0.3, -0.25) is 9.78 Å². The van der Waals surface area contributed by atoms with Gasteiger partial charge in [0.1, 0.15) is 5.54 Å². The number of primary amides is 1. The van der Waals surface area contributed by atoms with Crippen LogP contribution in [0.2, 0.25) is 0 Å². The third-order valence-electron chi connectivity index (χ3n) is 5.02. The van der Waals surface area contributed by atoms with E-state index in [9.17, 15) is 9.59 Å². The number of carbonyl (C=O) groups is 2. The number of rotatable bonds is 4. The molecule has 25 heavy (non-hydrogen) atoms. The minimum absolute atomic E-state index is 0.194. The van der Waals surface area contributed by atoms with Gasteiger partial charge in [-0.25, -0.2) is 4.79 Å². The zero-order valence-electron chi connectivity index (χ0n) is 14.2. The molecule has 6 nitrogen and oxygen atoms in total. The minimum Gasteiger partial charge on any atom is -0.351 e. The number of pyridine rings is 1. The molecule has 1 saturated heterocycles. The number of nitrogens with one attached hydrogen (secondary N) is 1. The number of anilines is 1. The number of hydrogen-bond acceptors (Lipinski definition) is 3. The highest BCUT2D eigenvalue weighted by atomic mass is 16.2. The number of carbonyl (C=O) groups excluding carboxylic acids is 2. The Morgan fingerprint density at radius 1 is 1.24 bits per heavy atom. The molecule has 1 aromatic carbocycles. The van der Waals surface area contributed by atoms with Gasteiger partial charge in [-0.2, -0.15) is 0 Å². The van der Waals surface area contributed by atoms with Gasteiger partial charge < -0.3 is 16.0 Å². The van der Waals surface area contributed by atoms with E-state index in [0.29, 0.717) is 18.7 Å². The van der Waals surface area contributed by atoms with Crippen LogP contribution < -0.4 is 11.1 Å². The zero-order chi connectivity index (χ0) is 17.9. The lowest BCUT2D eigenvalue weighted by Crippen LogP contribution is -2.59. The second-order valence-electron chi connectivity index (χ2n) is 6.35. The Labute approximate surface area is 147 Å². The van der Waals surface area contributed by atoms with Gasteiger partial charge in [0.05, 0.1) is 11.9 Å². The molecule has 1 aliphatic heterocycles. The Morgan fingerprint density at radius 3 is 2.64 bits per heavy atom. The Hall–Kier alpha value is -2.89. The van der Waals surface area contributed by atoms with Gasteiger partial charge in [-0.15, -0.1) is 0 Å². The molecule has 1 aromatic heterocycles. The van der Waals surface area contributed by atoms with Gasteiger partial charge in [-0.05, 0) is 30.5 Å². The number of aromatic nitrogens is 1. The maximum Gasteiger partial charge on any atom is 0.315 e. The summed E-state index contributed by atoms with van der Waals surface area (Å²) in [6, 6.07) is 12.7. The highest BCUT2D eigenvalue weighted by molar-refractivity contribution is 6.01.